The van der Waals surface area contributed by atoms with Gasteiger partial charge in [0.15, 0.2) is 0 Å². The lowest BCUT2D eigenvalue weighted by Crippen LogP contribution is -2.51. The highest BCUT2D eigenvalue weighted by molar-refractivity contribution is 6.30. The Morgan fingerprint density at radius 1 is 1.00 bits per heavy atom. The highest BCUT2D eigenvalue weighted by atomic mass is 35.5. The van der Waals surface area contributed by atoms with Crippen molar-refractivity contribution in [3.8, 4) is 5.75 Å². The normalized spacial score (nSPS) is 23.2. The molecule has 0 spiro atoms. The van der Waals surface area contributed by atoms with E-state index < -0.39 is 0 Å². The van der Waals surface area contributed by atoms with E-state index in [0.717, 1.165) is 63.3 Å². The molecule has 2 aromatic rings. The van der Waals surface area contributed by atoms with Crippen LogP contribution in [-0.4, -0.2) is 61.2 Å². The number of methoxy groups -OCH3 is 1. The molecule has 172 valence electrons. The van der Waals surface area contributed by atoms with Crippen molar-refractivity contribution in [2.24, 2.45) is 0 Å². The number of fused-ring (bicyclic) bond motifs is 2. The second-order valence-electron chi connectivity index (χ2n) is 8.73. The summed E-state index contributed by atoms with van der Waals surface area (Å²) in [6.45, 7) is 3.98. The third-order valence-corrected chi connectivity index (χ3v) is 6.86. The highest BCUT2D eigenvalue weighted by Crippen LogP contribution is 2.29. The molecule has 4 rings (SSSR count). The van der Waals surface area contributed by atoms with Gasteiger partial charge in [0.25, 0.3) is 5.91 Å². The van der Waals surface area contributed by atoms with Crippen LogP contribution in [0.15, 0.2) is 48.5 Å². The predicted molar refractivity (Wildman–Crippen MR) is 127 cm³/mol. The van der Waals surface area contributed by atoms with Crippen LogP contribution in [0.4, 0.5) is 0 Å². The van der Waals surface area contributed by atoms with Crippen LogP contribution in [0.3, 0.4) is 0 Å². The fourth-order valence-electron chi connectivity index (χ4n) is 4.91. The third kappa shape index (κ3) is 5.64. The molecule has 2 atom stereocenters. The van der Waals surface area contributed by atoms with E-state index in [2.05, 4.69) is 17.0 Å². The summed E-state index contributed by atoms with van der Waals surface area (Å²) in [5.74, 6) is 0.728. The standard InChI is InChI=1S/C26H33ClN2O3/c1-31-25-10-6-16-29-23(25)8-4-5-15-28(19-20-11-13-21(27)14-12-20)17-18-32-24-9-3-2-7-22(24)26(29)30/h2-3,7,9,11-14,23,25H,4-6,8,10,15-19H2,1H3/t23-,25-/m0/s1. The predicted octanol–water partition coefficient (Wildman–Crippen LogP) is 5.02. The zero-order chi connectivity index (χ0) is 22.3. The fourth-order valence-corrected chi connectivity index (χ4v) is 5.03. The monoisotopic (exact) mass is 456 g/mol. The molecule has 2 aliphatic rings. The van der Waals surface area contributed by atoms with E-state index in [4.69, 9.17) is 21.1 Å². The van der Waals surface area contributed by atoms with Gasteiger partial charge in [-0.15, -0.1) is 0 Å². The van der Waals surface area contributed by atoms with Crippen molar-refractivity contribution in [1.29, 1.82) is 0 Å². The first-order valence-electron chi connectivity index (χ1n) is 11.7. The summed E-state index contributed by atoms with van der Waals surface area (Å²) in [7, 11) is 1.77. The summed E-state index contributed by atoms with van der Waals surface area (Å²) >= 11 is 6.05. The van der Waals surface area contributed by atoms with E-state index in [1.54, 1.807) is 7.11 Å². The van der Waals surface area contributed by atoms with Gasteiger partial charge in [0, 0.05) is 31.8 Å². The van der Waals surface area contributed by atoms with Gasteiger partial charge in [-0.2, -0.15) is 0 Å². The Morgan fingerprint density at radius 2 is 1.81 bits per heavy atom. The second kappa shape index (κ2) is 11.2. The van der Waals surface area contributed by atoms with Crippen LogP contribution in [0.5, 0.6) is 5.75 Å². The molecule has 0 bridgehead atoms. The van der Waals surface area contributed by atoms with Gasteiger partial charge in [0.05, 0.1) is 17.7 Å². The SMILES string of the molecule is CO[C@H]1CCCN2C(=O)c3ccccc3OCCN(Cc3ccc(Cl)cc3)CCCC[C@@H]12. The molecule has 32 heavy (non-hydrogen) atoms. The first-order valence-corrected chi connectivity index (χ1v) is 12.1. The number of benzene rings is 2. The molecule has 2 heterocycles. The van der Waals surface area contributed by atoms with Gasteiger partial charge in [0.2, 0.25) is 0 Å². The van der Waals surface area contributed by atoms with Gasteiger partial charge < -0.3 is 14.4 Å². The number of hydrogen-bond acceptors (Lipinski definition) is 4. The van der Waals surface area contributed by atoms with Crippen molar-refractivity contribution in [2.75, 3.05) is 33.4 Å². The number of carbonyl (C=O) groups excluding carboxylic acids is 1. The molecular weight excluding hydrogens is 424 g/mol. The van der Waals surface area contributed by atoms with Crippen LogP contribution in [0, 0.1) is 0 Å². The Morgan fingerprint density at radius 3 is 2.62 bits per heavy atom. The molecule has 0 aliphatic carbocycles. The van der Waals surface area contributed by atoms with Gasteiger partial charge in [-0.05, 0) is 62.1 Å². The van der Waals surface area contributed by atoms with Crippen molar-refractivity contribution in [2.45, 2.75) is 50.8 Å². The number of ether oxygens (including phenoxy) is 2. The lowest BCUT2D eigenvalue weighted by Gasteiger charge is -2.41. The maximum Gasteiger partial charge on any atom is 0.257 e. The summed E-state index contributed by atoms with van der Waals surface area (Å²) in [5.41, 5.74) is 1.89. The van der Waals surface area contributed by atoms with Crippen LogP contribution in [-0.2, 0) is 11.3 Å². The Hall–Kier alpha value is -2.08. The molecule has 0 N–H and O–H groups in total. The highest BCUT2D eigenvalue weighted by Gasteiger charge is 2.35. The van der Waals surface area contributed by atoms with E-state index in [9.17, 15) is 4.79 Å². The molecule has 2 aromatic carbocycles. The number of amides is 1. The Kier molecular flexibility index (Phi) is 8.06. The first-order chi connectivity index (χ1) is 15.7. The van der Waals surface area contributed by atoms with Crippen LogP contribution >= 0.6 is 11.6 Å². The maximum atomic E-state index is 13.5. The van der Waals surface area contributed by atoms with Gasteiger partial charge >= 0.3 is 0 Å². The molecular formula is C26H33ClN2O3. The average molecular weight is 457 g/mol. The molecule has 0 aromatic heterocycles. The zero-order valence-corrected chi connectivity index (χ0v) is 19.6. The quantitative estimate of drug-likeness (QED) is 0.650. The van der Waals surface area contributed by atoms with E-state index in [0.29, 0.717) is 17.9 Å². The van der Waals surface area contributed by atoms with Crippen molar-refractivity contribution in [3.05, 3.63) is 64.7 Å². The molecule has 0 radical (unpaired) electrons. The third-order valence-electron chi connectivity index (χ3n) is 6.61. The number of piperidine rings is 1. The minimum atomic E-state index is 0.0598. The summed E-state index contributed by atoms with van der Waals surface area (Å²) in [6.07, 6.45) is 5.17. The molecule has 1 saturated heterocycles. The number of hydrogen-bond donors (Lipinski definition) is 0. The molecule has 1 fully saturated rings. The largest absolute Gasteiger partial charge is 0.491 e. The lowest BCUT2D eigenvalue weighted by atomic mass is 9.93. The van der Waals surface area contributed by atoms with Crippen LogP contribution < -0.4 is 4.74 Å². The maximum absolute atomic E-state index is 13.5. The number of carbonyl (C=O) groups is 1. The fraction of sp³-hybridized carbons (Fsp3) is 0.500. The lowest BCUT2D eigenvalue weighted by molar-refractivity contribution is -0.0155. The first kappa shape index (κ1) is 23.1. The van der Waals surface area contributed by atoms with Gasteiger partial charge in [-0.1, -0.05) is 42.3 Å². The van der Waals surface area contributed by atoms with Crippen molar-refractivity contribution < 1.29 is 14.3 Å². The summed E-state index contributed by atoms with van der Waals surface area (Å²) in [5, 5.41) is 0.757. The van der Waals surface area contributed by atoms with Crippen molar-refractivity contribution in [3.63, 3.8) is 0 Å². The number of nitrogens with zero attached hydrogens (tertiary/aromatic N) is 2. The average Bonchev–Trinajstić information content (AvgIpc) is 2.83. The Labute approximate surface area is 196 Å². The Bertz CT molecular complexity index is 889. The molecule has 5 nitrogen and oxygen atoms in total. The van der Waals surface area contributed by atoms with Crippen molar-refractivity contribution >= 4 is 17.5 Å². The van der Waals surface area contributed by atoms with E-state index in [-0.39, 0.29) is 18.1 Å². The van der Waals surface area contributed by atoms with E-state index in [1.165, 1.54) is 5.56 Å². The van der Waals surface area contributed by atoms with E-state index >= 15 is 0 Å². The van der Waals surface area contributed by atoms with Crippen LogP contribution in [0.25, 0.3) is 0 Å². The number of para-hydroxylation sites is 1. The minimum Gasteiger partial charge on any atom is -0.491 e. The van der Waals surface area contributed by atoms with Gasteiger partial charge in [-0.25, -0.2) is 0 Å². The Balaban J connectivity index is 1.55. The second-order valence-corrected chi connectivity index (χ2v) is 9.16. The van der Waals surface area contributed by atoms with Gasteiger partial charge in [-0.3, -0.25) is 9.69 Å². The van der Waals surface area contributed by atoms with Crippen LogP contribution in [0.1, 0.15) is 48.0 Å². The smallest absolute Gasteiger partial charge is 0.257 e. The number of rotatable bonds is 3. The summed E-state index contributed by atoms with van der Waals surface area (Å²) < 4.78 is 12.0. The molecule has 6 heteroatoms. The minimum absolute atomic E-state index is 0.0598. The van der Waals surface area contributed by atoms with Crippen LogP contribution in [0.2, 0.25) is 5.02 Å². The van der Waals surface area contributed by atoms with E-state index in [1.807, 2.05) is 41.3 Å². The molecule has 2 aliphatic heterocycles. The number of halogens is 1. The molecule has 0 unspecified atom stereocenters. The molecule has 1 amide bonds. The topological polar surface area (TPSA) is 42.0 Å². The summed E-state index contributed by atoms with van der Waals surface area (Å²) in [6, 6.07) is 15.8. The summed E-state index contributed by atoms with van der Waals surface area (Å²) in [4.78, 5) is 18.0. The van der Waals surface area contributed by atoms with Crippen molar-refractivity contribution in [1.82, 2.24) is 9.80 Å². The van der Waals surface area contributed by atoms with Gasteiger partial charge in [0.1, 0.15) is 12.4 Å². The molecule has 0 saturated carbocycles. The zero-order valence-electron chi connectivity index (χ0n) is 18.8.